The van der Waals surface area contributed by atoms with Crippen LogP contribution in [0.1, 0.15) is 48.6 Å². The predicted molar refractivity (Wildman–Crippen MR) is 76.1 cm³/mol. The number of aliphatic hydroxyl groups is 1. The van der Waals surface area contributed by atoms with E-state index in [4.69, 9.17) is 0 Å². The Morgan fingerprint density at radius 1 is 1.17 bits per heavy atom. The van der Waals surface area contributed by atoms with Crippen molar-refractivity contribution in [2.24, 2.45) is 0 Å². The Labute approximate surface area is 112 Å². The lowest BCUT2D eigenvalue weighted by Crippen LogP contribution is -2.11. The highest BCUT2D eigenvalue weighted by atomic mass is 32.1. The van der Waals surface area contributed by atoms with Crippen LogP contribution < -0.4 is 0 Å². The second-order valence-electron chi connectivity index (χ2n) is 5.65. The summed E-state index contributed by atoms with van der Waals surface area (Å²) in [5.41, 5.74) is 3.30. The summed E-state index contributed by atoms with van der Waals surface area (Å²) >= 11 is 1.36. The number of benzene rings is 1. The van der Waals surface area contributed by atoms with Crippen LogP contribution in [0.2, 0.25) is 0 Å². The number of aromatic nitrogens is 1. The van der Waals surface area contributed by atoms with E-state index in [-0.39, 0.29) is 5.41 Å². The Morgan fingerprint density at radius 2 is 1.78 bits per heavy atom. The summed E-state index contributed by atoms with van der Waals surface area (Å²) in [5, 5.41) is 10.3. The number of aliphatic hydroxyl groups excluding tert-OH is 1. The zero-order valence-corrected chi connectivity index (χ0v) is 12.1. The second kappa shape index (κ2) is 4.82. The van der Waals surface area contributed by atoms with Crippen LogP contribution in [0.4, 0.5) is 0 Å². The SMILES string of the molecule is Cc1cc([C@@H](O)c2ccc(C(C)(C)C)cc2)sn1. The largest absolute Gasteiger partial charge is 0.383 e. The quantitative estimate of drug-likeness (QED) is 0.891. The van der Waals surface area contributed by atoms with E-state index in [2.05, 4.69) is 37.3 Å². The maximum atomic E-state index is 10.3. The van der Waals surface area contributed by atoms with Crippen LogP contribution in [0, 0.1) is 6.92 Å². The molecular weight excluding hydrogens is 242 g/mol. The Balaban J connectivity index is 2.24. The lowest BCUT2D eigenvalue weighted by molar-refractivity contribution is 0.224. The first-order chi connectivity index (χ1) is 8.38. The van der Waals surface area contributed by atoms with Gasteiger partial charge in [0.2, 0.25) is 0 Å². The van der Waals surface area contributed by atoms with Gasteiger partial charge in [-0.15, -0.1) is 0 Å². The number of hydrogen-bond donors (Lipinski definition) is 1. The van der Waals surface area contributed by atoms with Gasteiger partial charge < -0.3 is 5.11 Å². The molecule has 1 aromatic heterocycles. The number of aryl methyl sites for hydroxylation is 1. The highest BCUT2D eigenvalue weighted by Gasteiger charge is 2.16. The van der Waals surface area contributed by atoms with Gasteiger partial charge in [0.25, 0.3) is 0 Å². The lowest BCUT2D eigenvalue weighted by atomic mass is 9.86. The van der Waals surface area contributed by atoms with Crippen molar-refractivity contribution in [3.8, 4) is 0 Å². The van der Waals surface area contributed by atoms with Gasteiger partial charge in [-0.3, -0.25) is 0 Å². The summed E-state index contributed by atoms with van der Waals surface area (Å²) in [7, 11) is 0. The van der Waals surface area contributed by atoms with E-state index >= 15 is 0 Å². The molecule has 18 heavy (non-hydrogen) atoms. The van der Waals surface area contributed by atoms with E-state index in [1.807, 2.05) is 25.1 Å². The van der Waals surface area contributed by atoms with E-state index < -0.39 is 6.10 Å². The molecule has 0 saturated carbocycles. The molecule has 2 rings (SSSR count). The molecular formula is C15H19NOS. The van der Waals surface area contributed by atoms with Crippen LogP contribution in [0.15, 0.2) is 30.3 Å². The molecule has 1 N–H and O–H groups in total. The molecule has 0 saturated heterocycles. The van der Waals surface area contributed by atoms with Crippen molar-refractivity contribution in [2.45, 2.75) is 39.2 Å². The smallest absolute Gasteiger partial charge is 0.115 e. The molecule has 2 aromatic rings. The second-order valence-corrected chi connectivity index (χ2v) is 6.48. The molecule has 1 atom stereocenters. The maximum Gasteiger partial charge on any atom is 0.115 e. The minimum absolute atomic E-state index is 0.143. The highest BCUT2D eigenvalue weighted by Crippen LogP contribution is 2.28. The van der Waals surface area contributed by atoms with Crippen LogP contribution in [-0.2, 0) is 5.41 Å². The fourth-order valence-electron chi connectivity index (χ4n) is 1.84. The summed E-state index contributed by atoms with van der Waals surface area (Å²) in [6, 6.07) is 10.1. The summed E-state index contributed by atoms with van der Waals surface area (Å²) < 4.78 is 4.20. The van der Waals surface area contributed by atoms with Crippen LogP contribution >= 0.6 is 11.5 Å². The molecule has 0 unspecified atom stereocenters. The molecule has 0 spiro atoms. The molecule has 1 heterocycles. The molecule has 0 radical (unpaired) electrons. The number of nitrogens with zero attached hydrogens (tertiary/aromatic N) is 1. The maximum absolute atomic E-state index is 10.3. The van der Waals surface area contributed by atoms with Crippen molar-refractivity contribution in [1.29, 1.82) is 0 Å². The zero-order valence-electron chi connectivity index (χ0n) is 11.3. The van der Waals surface area contributed by atoms with Gasteiger partial charge in [0.05, 0.1) is 10.6 Å². The topological polar surface area (TPSA) is 33.1 Å². The van der Waals surface area contributed by atoms with Crippen molar-refractivity contribution in [3.63, 3.8) is 0 Å². The van der Waals surface area contributed by atoms with Gasteiger partial charge in [-0.1, -0.05) is 45.0 Å². The number of hydrogen-bond acceptors (Lipinski definition) is 3. The van der Waals surface area contributed by atoms with Gasteiger partial charge in [-0.25, -0.2) is 0 Å². The lowest BCUT2D eigenvalue weighted by Gasteiger charge is -2.19. The first kappa shape index (κ1) is 13.2. The molecule has 0 amide bonds. The van der Waals surface area contributed by atoms with Gasteiger partial charge in [0, 0.05) is 0 Å². The summed E-state index contributed by atoms with van der Waals surface area (Å²) in [4.78, 5) is 0.899. The predicted octanol–water partition coefficient (Wildman–Crippen LogP) is 3.83. The van der Waals surface area contributed by atoms with Gasteiger partial charge in [-0.05, 0) is 41.1 Å². The van der Waals surface area contributed by atoms with Crippen LogP contribution in [0.3, 0.4) is 0 Å². The normalized spacial score (nSPS) is 13.6. The summed E-state index contributed by atoms with van der Waals surface area (Å²) in [6.07, 6.45) is -0.565. The molecule has 0 fully saturated rings. The minimum Gasteiger partial charge on any atom is -0.383 e. The Hall–Kier alpha value is -1.19. The van der Waals surface area contributed by atoms with Gasteiger partial charge in [-0.2, -0.15) is 4.37 Å². The fourth-order valence-corrected chi connectivity index (χ4v) is 2.60. The van der Waals surface area contributed by atoms with E-state index in [9.17, 15) is 5.11 Å². The third kappa shape index (κ3) is 2.79. The Morgan fingerprint density at radius 3 is 2.22 bits per heavy atom. The first-order valence-corrected chi connectivity index (χ1v) is 6.87. The monoisotopic (exact) mass is 261 g/mol. The summed E-state index contributed by atoms with van der Waals surface area (Å²) in [5.74, 6) is 0. The molecule has 96 valence electrons. The van der Waals surface area contributed by atoms with E-state index in [1.54, 1.807) is 0 Å². The fraction of sp³-hybridized carbons (Fsp3) is 0.400. The molecule has 1 aromatic carbocycles. The third-order valence-corrected chi connectivity index (χ3v) is 3.94. The molecule has 0 aliphatic carbocycles. The van der Waals surface area contributed by atoms with E-state index in [0.717, 1.165) is 16.1 Å². The summed E-state index contributed by atoms with van der Waals surface area (Å²) in [6.45, 7) is 8.50. The van der Waals surface area contributed by atoms with Crippen molar-refractivity contribution in [1.82, 2.24) is 4.37 Å². The van der Waals surface area contributed by atoms with Crippen molar-refractivity contribution in [3.05, 3.63) is 52.0 Å². The van der Waals surface area contributed by atoms with Gasteiger partial charge >= 0.3 is 0 Å². The van der Waals surface area contributed by atoms with E-state index in [0.29, 0.717) is 0 Å². The van der Waals surface area contributed by atoms with Gasteiger partial charge in [0.1, 0.15) is 6.10 Å². The molecule has 2 nitrogen and oxygen atoms in total. The molecule has 0 aliphatic rings. The number of rotatable bonds is 2. The zero-order chi connectivity index (χ0) is 13.3. The Kier molecular flexibility index (Phi) is 3.55. The van der Waals surface area contributed by atoms with Crippen LogP contribution in [0.25, 0.3) is 0 Å². The first-order valence-electron chi connectivity index (χ1n) is 6.09. The standard InChI is InChI=1S/C15H19NOS/c1-10-9-13(18-16-10)14(17)11-5-7-12(8-6-11)15(2,3)4/h5-9,14,17H,1-4H3/t14-/m0/s1. The Bertz CT molecular complexity index is 522. The van der Waals surface area contributed by atoms with E-state index in [1.165, 1.54) is 17.1 Å². The molecule has 3 heteroatoms. The van der Waals surface area contributed by atoms with Crippen molar-refractivity contribution < 1.29 is 5.11 Å². The van der Waals surface area contributed by atoms with Crippen molar-refractivity contribution >= 4 is 11.5 Å². The van der Waals surface area contributed by atoms with Gasteiger partial charge in [0.15, 0.2) is 0 Å². The molecule has 0 aliphatic heterocycles. The third-order valence-electron chi connectivity index (χ3n) is 3.01. The average molecular weight is 261 g/mol. The van der Waals surface area contributed by atoms with Crippen molar-refractivity contribution in [2.75, 3.05) is 0 Å². The van der Waals surface area contributed by atoms with Crippen LogP contribution in [0.5, 0.6) is 0 Å². The average Bonchev–Trinajstić information content (AvgIpc) is 2.74. The highest BCUT2D eigenvalue weighted by molar-refractivity contribution is 7.05. The minimum atomic E-state index is -0.565. The van der Waals surface area contributed by atoms with Crippen LogP contribution in [-0.4, -0.2) is 9.48 Å². The molecule has 0 bridgehead atoms.